The number of fused-ring (bicyclic) bond motifs is 1. The Morgan fingerprint density at radius 3 is 2.83 bits per heavy atom. The minimum absolute atomic E-state index is 0.216. The summed E-state index contributed by atoms with van der Waals surface area (Å²) >= 11 is 0. The maximum absolute atomic E-state index is 12.9. The monoisotopic (exact) mass is 418 g/mol. The summed E-state index contributed by atoms with van der Waals surface area (Å²) in [6, 6.07) is 10.1. The van der Waals surface area contributed by atoms with Gasteiger partial charge >= 0.3 is 12.2 Å². The number of nitrogens with one attached hydrogen (secondary N) is 1. The molecule has 0 saturated heterocycles. The van der Waals surface area contributed by atoms with Crippen molar-refractivity contribution in [2.45, 2.75) is 19.1 Å². The van der Waals surface area contributed by atoms with Gasteiger partial charge in [-0.2, -0.15) is 13.2 Å². The van der Waals surface area contributed by atoms with Crippen LogP contribution in [0.4, 0.5) is 23.7 Å². The summed E-state index contributed by atoms with van der Waals surface area (Å²) in [6.45, 7) is 2.45. The first-order valence-corrected chi connectivity index (χ1v) is 9.13. The number of carbonyl (C=O) groups is 1. The number of para-hydroxylation sites is 2. The topological polar surface area (TPSA) is 80.5 Å². The molecule has 0 aliphatic carbocycles. The summed E-state index contributed by atoms with van der Waals surface area (Å²) in [5.41, 5.74) is 0.0729. The average molecular weight is 418 g/mol. The molecule has 10 heteroatoms. The Bertz CT molecular complexity index is 1070. The number of hydrogen-bond donors (Lipinski definition) is 1. The highest BCUT2D eigenvalue weighted by molar-refractivity contribution is 5.94. The molecular weight excluding hydrogens is 401 g/mol. The van der Waals surface area contributed by atoms with Gasteiger partial charge in [0.1, 0.15) is 23.7 Å². The molecule has 3 aromatic rings. The third-order valence-electron chi connectivity index (χ3n) is 4.61. The van der Waals surface area contributed by atoms with E-state index in [1.54, 1.807) is 24.0 Å². The number of carbonyl (C=O) groups excluding carboxylic acids is 1. The molecule has 0 radical (unpaired) electrons. The van der Waals surface area contributed by atoms with Crippen molar-refractivity contribution in [2.24, 2.45) is 0 Å². The zero-order valence-corrected chi connectivity index (χ0v) is 15.8. The fourth-order valence-electron chi connectivity index (χ4n) is 3.09. The van der Waals surface area contributed by atoms with Crippen LogP contribution in [0.3, 0.4) is 0 Å². The van der Waals surface area contributed by atoms with Gasteiger partial charge in [-0.05, 0) is 31.2 Å². The molecule has 156 valence electrons. The second-order valence-corrected chi connectivity index (χ2v) is 6.68. The smallest absolute Gasteiger partial charge is 0.433 e. The Morgan fingerprint density at radius 2 is 2.03 bits per heavy atom. The van der Waals surface area contributed by atoms with Crippen LogP contribution in [0.25, 0.3) is 11.3 Å². The third-order valence-corrected chi connectivity index (χ3v) is 4.61. The molecule has 30 heavy (non-hydrogen) atoms. The highest BCUT2D eigenvalue weighted by Crippen LogP contribution is 2.32. The van der Waals surface area contributed by atoms with E-state index in [2.05, 4.69) is 15.5 Å². The number of urea groups is 1. The Balaban J connectivity index is 1.49. The second-order valence-electron chi connectivity index (χ2n) is 6.68. The van der Waals surface area contributed by atoms with Crippen LogP contribution in [0.2, 0.25) is 0 Å². The fraction of sp³-hybridized carbons (Fsp3) is 0.250. The Kier molecular flexibility index (Phi) is 5.06. The summed E-state index contributed by atoms with van der Waals surface area (Å²) in [4.78, 5) is 17.6. The van der Waals surface area contributed by atoms with Crippen LogP contribution in [0.5, 0.6) is 5.75 Å². The van der Waals surface area contributed by atoms with Gasteiger partial charge in [-0.1, -0.05) is 17.3 Å². The summed E-state index contributed by atoms with van der Waals surface area (Å²) in [5, 5.41) is 6.64. The maximum atomic E-state index is 12.9. The van der Waals surface area contributed by atoms with Crippen LogP contribution in [0, 0.1) is 0 Å². The van der Waals surface area contributed by atoms with Crippen LogP contribution in [0.15, 0.2) is 53.2 Å². The van der Waals surface area contributed by atoms with Gasteiger partial charge in [-0.25, -0.2) is 4.79 Å². The van der Waals surface area contributed by atoms with E-state index >= 15 is 0 Å². The first-order chi connectivity index (χ1) is 14.3. The predicted molar refractivity (Wildman–Crippen MR) is 101 cm³/mol. The second kappa shape index (κ2) is 7.69. The fourth-order valence-corrected chi connectivity index (χ4v) is 3.09. The van der Waals surface area contributed by atoms with Crippen LogP contribution in [-0.2, 0) is 6.18 Å². The zero-order valence-electron chi connectivity index (χ0n) is 15.8. The number of nitrogens with zero attached hydrogens (tertiary/aromatic N) is 3. The number of benzene rings is 1. The molecule has 1 aliphatic rings. The molecule has 0 saturated carbocycles. The van der Waals surface area contributed by atoms with E-state index < -0.39 is 17.9 Å². The minimum Gasteiger partial charge on any atom is -0.490 e. The first-order valence-electron chi connectivity index (χ1n) is 9.13. The molecule has 1 aromatic carbocycles. The lowest BCUT2D eigenvalue weighted by Crippen LogP contribution is -2.45. The predicted octanol–water partition coefficient (Wildman–Crippen LogP) is 4.43. The molecule has 0 bridgehead atoms. The quantitative estimate of drug-likeness (QED) is 0.681. The highest BCUT2D eigenvalue weighted by atomic mass is 19.4. The first kappa shape index (κ1) is 19.7. The van der Waals surface area contributed by atoms with E-state index in [-0.39, 0.29) is 17.3 Å². The largest absolute Gasteiger partial charge is 0.490 e. The SMILES string of the molecule is C[C@@H](NC(=O)N1CCOc2ccccc21)c1cc(-c2ccnc(C(F)(F)F)c2)no1. The maximum Gasteiger partial charge on any atom is 0.433 e. The van der Waals surface area contributed by atoms with Gasteiger partial charge in [0.25, 0.3) is 0 Å². The molecule has 7 nitrogen and oxygen atoms in total. The van der Waals surface area contributed by atoms with Crippen LogP contribution < -0.4 is 15.0 Å². The highest BCUT2D eigenvalue weighted by Gasteiger charge is 2.33. The number of anilines is 1. The van der Waals surface area contributed by atoms with Crippen molar-refractivity contribution < 1.29 is 27.2 Å². The van der Waals surface area contributed by atoms with Gasteiger partial charge in [-0.15, -0.1) is 0 Å². The van der Waals surface area contributed by atoms with E-state index in [9.17, 15) is 18.0 Å². The Hall–Kier alpha value is -3.56. The molecule has 0 unspecified atom stereocenters. The standard InChI is InChI=1S/C20H17F3N4O3/c1-12(25-19(28)27-8-9-29-16-5-3-2-4-15(16)27)17-11-14(26-30-17)13-6-7-24-18(10-13)20(21,22)23/h2-7,10-12H,8-9H2,1H3,(H,25,28)/t12-/m1/s1. The van der Waals surface area contributed by atoms with E-state index in [4.69, 9.17) is 9.26 Å². The number of rotatable bonds is 3. The van der Waals surface area contributed by atoms with Crippen LogP contribution in [0.1, 0.15) is 24.4 Å². The number of hydrogen-bond acceptors (Lipinski definition) is 5. The molecule has 2 amide bonds. The lowest BCUT2D eigenvalue weighted by Gasteiger charge is -2.30. The molecular formula is C20H17F3N4O3. The normalized spacial score (nSPS) is 14.6. The van der Waals surface area contributed by atoms with Crippen molar-refractivity contribution in [1.82, 2.24) is 15.5 Å². The summed E-state index contributed by atoms with van der Waals surface area (Å²) in [6.07, 6.45) is -3.49. The van der Waals surface area contributed by atoms with Crippen LogP contribution >= 0.6 is 0 Å². The van der Waals surface area contributed by atoms with E-state index in [1.807, 2.05) is 12.1 Å². The number of alkyl halides is 3. The molecule has 0 fully saturated rings. The summed E-state index contributed by atoms with van der Waals surface area (Å²) in [7, 11) is 0. The van der Waals surface area contributed by atoms with Crippen molar-refractivity contribution in [3.8, 4) is 17.0 Å². The molecule has 3 heterocycles. The average Bonchev–Trinajstić information content (AvgIpc) is 3.23. The van der Waals surface area contributed by atoms with E-state index in [0.29, 0.717) is 30.3 Å². The number of ether oxygens (including phenoxy) is 1. The van der Waals surface area contributed by atoms with Crippen molar-refractivity contribution >= 4 is 11.7 Å². The van der Waals surface area contributed by atoms with Gasteiger partial charge in [0.2, 0.25) is 0 Å². The van der Waals surface area contributed by atoms with Crippen LogP contribution in [-0.4, -0.2) is 29.3 Å². The molecule has 4 rings (SSSR count). The van der Waals surface area contributed by atoms with Gasteiger partial charge in [-0.3, -0.25) is 9.88 Å². The van der Waals surface area contributed by atoms with Gasteiger partial charge in [0.15, 0.2) is 5.76 Å². The van der Waals surface area contributed by atoms with Crippen molar-refractivity contribution in [2.75, 3.05) is 18.1 Å². The minimum atomic E-state index is -4.56. The lowest BCUT2D eigenvalue weighted by molar-refractivity contribution is -0.141. The van der Waals surface area contributed by atoms with Gasteiger partial charge in [0, 0.05) is 17.8 Å². The van der Waals surface area contributed by atoms with Gasteiger partial charge < -0.3 is 14.6 Å². The summed E-state index contributed by atoms with van der Waals surface area (Å²) in [5.74, 6) is 0.928. The molecule has 1 N–H and O–H groups in total. The zero-order chi connectivity index (χ0) is 21.3. The number of halogens is 3. The molecule has 1 atom stereocenters. The van der Waals surface area contributed by atoms with E-state index in [0.717, 1.165) is 12.3 Å². The Labute approximate surface area is 169 Å². The molecule has 0 spiro atoms. The number of aromatic nitrogens is 2. The van der Waals surface area contributed by atoms with Gasteiger partial charge in [0.05, 0.1) is 18.3 Å². The number of amides is 2. The van der Waals surface area contributed by atoms with Crippen molar-refractivity contribution in [3.05, 3.63) is 60.1 Å². The summed E-state index contributed by atoms with van der Waals surface area (Å²) < 4.78 is 49.4. The van der Waals surface area contributed by atoms with Crippen molar-refractivity contribution in [1.29, 1.82) is 0 Å². The molecule has 1 aliphatic heterocycles. The van der Waals surface area contributed by atoms with Crippen molar-refractivity contribution in [3.63, 3.8) is 0 Å². The van der Waals surface area contributed by atoms with E-state index in [1.165, 1.54) is 12.1 Å². The molecule has 2 aromatic heterocycles. The Morgan fingerprint density at radius 1 is 1.23 bits per heavy atom. The lowest BCUT2D eigenvalue weighted by atomic mass is 10.1. The number of pyridine rings is 1. The third kappa shape index (κ3) is 3.93.